The molecule has 1 aliphatic heterocycles. The number of hydrogen-bond acceptors (Lipinski definition) is 3. The van der Waals surface area contributed by atoms with Gasteiger partial charge in [-0.15, -0.1) is 11.8 Å². The topological polar surface area (TPSA) is 66.9 Å². The molecule has 0 unspecified atom stereocenters. The second-order valence-electron chi connectivity index (χ2n) is 5.62. The van der Waals surface area contributed by atoms with Gasteiger partial charge in [0.2, 0.25) is 5.91 Å². The van der Waals surface area contributed by atoms with Crippen LogP contribution in [0.2, 0.25) is 0 Å². The van der Waals surface area contributed by atoms with Crippen molar-refractivity contribution in [1.82, 2.24) is 9.78 Å². The SMILES string of the molecule is CC[C@H](C)n1[nH]c(=O)c2c1NC(=O)CS[C@@H]2c1ccc(F)cc1. The summed E-state index contributed by atoms with van der Waals surface area (Å²) in [4.78, 5) is 24.5. The van der Waals surface area contributed by atoms with Gasteiger partial charge >= 0.3 is 0 Å². The number of hydrogen-bond donors (Lipinski definition) is 2. The van der Waals surface area contributed by atoms with Gasteiger partial charge in [-0.05, 0) is 31.0 Å². The van der Waals surface area contributed by atoms with Gasteiger partial charge in [0.25, 0.3) is 5.56 Å². The molecule has 122 valence electrons. The number of aromatic amines is 1. The van der Waals surface area contributed by atoms with Crippen LogP contribution in [0.5, 0.6) is 0 Å². The number of thioether (sulfide) groups is 1. The van der Waals surface area contributed by atoms with E-state index in [9.17, 15) is 14.0 Å². The second-order valence-corrected chi connectivity index (χ2v) is 6.71. The molecule has 0 spiro atoms. The number of carbonyl (C=O) groups excluding carboxylic acids is 1. The molecule has 7 heteroatoms. The number of nitrogens with one attached hydrogen (secondary N) is 2. The summed E-state index contributed by atoms with van der Waals surface area (Å²) in [5, 5.41) is 5.35. The van der Waals surface area contributed by atoms with Crippen LogP contribution >= 0.6 is 11.8 Å². The van der Waals surface area contributed by atoms with Gasteiger partial charge in [0.15, 0.2) is 0 Å². The molecule has 0 aliphatic carbocycles. The Morgan fingerprint density at radius 1 is 1.35 bits per heavy atom. The van der Waals surface area contributed by atoms with Crippen molar-refractivity contribution in [3.8, 4) is 0 Å². The van der Waals surface area contributed by atoms with E-state index < -0.39 is 0 Å². The minimum Gasteiger partial charge on any atom is -0.310 e. The second kappa shape index (κ2) is 6.23. The van der Waals surface area contributed by atoms with Crippen molar-refractivity contribution >= 4 is 23.5 Å². The summed E-state index contributed by atoms with van der Waals surface area (Å²) >= 11 is 1.37. The van der Waals surface area contributed by atoms with Gasteiger partial charge in [0.05, 0.1) is 16.6 Å². The number of amides is 1. The first kappa shape index (κ1) is 15.9. The molecule has 5 nitrogen and oxygen atoms in total. The fourth-order valence-electron chi connectivity index (χ4n) is 2.66. The summed E-state index contributed by atoms with van der Waals surface area (Å²) in [5.41, 5.74) is 1.11. The fourth-order valence-corrected chi connectivity index (χ4v) is 3.78. The zero-order valence-electron chi connectivity index (χ0n) is 12.9. The summed E-state index contributed by atoms with van der Waals surface area (Å²) < 4.78 is 14.9. The Morgan fingerprint density at radius 2 is 2.04 bits per heavy atom. The zero-order valence-corrected chi connectivity index (χ0v) is 13.7. The quantitative estimate of drug-likeness (QED) is 0.906. The van der Waals surface area contributed by atoms with Crippen LogP contribution in [0.15, 0.2) is 29.1 Å². The maximum absolute atomic E-state index is 13.2. The van der Waals surface area contributed by atoms with E-state index in [-0.39, 0.29) is 34.3 Å². The highest BCUT2D eigenvalue weighted by molar-refractivity contribution is 8.00. The maximum atomic E-state index is 13.2. The molecule has 0 radical (unpaired) electrons. The molecule has 0 bridgehead atoms. The summed E-state index contributed by atoms with van der Waals surface area (Å²) in [6.45, 7) is 3.99. The summed E-state index contributed by atoms with van der Waals surface area (Å²) in [7, 11) is 0. The van der Waals surface area contributed by atoms with E-state index in [1.807, 2.05) is 13.8 Å². The third-order valence-electron chi connectivity index (χ3n) is 4.07. The molecule has 2 N–H and O–H groups in total. The summed E-state index contributed by atoms with van der Waals surface area (Å²) in [6.07, 6.45) is 0.821. The number of aromatic nitrogens is 2. The Balaban J connectivity index is 2.15. The van der Waals surface area contributed by atoms with Crippen LogP contribution in [0.3, 0.4) is 0 Å². The van der Waals surface area contributed by atoms with E-state index >= 15 is 0 Å². The molecule has 2 heterocycles. The average Bonchev–Trinajstić information content (AvgIpc) is 2.74. The molecule has 1 amide bonds. The smallest absolute Gasteiger partial charge is 0.270 e. The van der Waals surface area contributed by atoms with Crippen molar-refractivity contribution in [2.45, 2.75) is 31.6 Å². The van der Waals surface area contributed by atoms with Crippen LogP contribution in [-0.4, -0.2) is 21.4 Å². The number of fused-ring (bicyclic) bond motifs is 1. The average molecular weight is 335 g/mol. The largest absolute Gasteiger partial charge is 0.310 e. The predicted molar refractivity (Wildman–Crippen MR) is 89.4 cm³/mol. The van der Waals surface area contributed by atoms with Crippen molar-refractivity contribution in [2.24, 2.45) is 0 Å². The fraction of sp³-hybridized carbons (Fsp3) is 0.375. The number of nitrogens with zero attached hydrogens (tertiary/aromatic N) is 1. The molecule has 1 aliphatic rings. The Kier molecular flexibility index (Phi) is 4.30. The van der Waals surface area contributed by atoms with Gasteiger partial charge in [0, 0.05) is 6.04 Å². The number of anilines is 1. The highest BCUT2D eigenvalue weighted by atomic mass is 32.2. The van der Waals surface area contributed by atoms with Crippen molar-refractivity contribution in [1.29, 1.82) is 0 Å². The molecule has 0 saturated carbocycles. The van der Waals surface area contributed by atoms with Crippen LogP contribution in [0.4, 0.5) is 10.2 Å². The molecular weight excluding hydrogens is 317 g/mol. The van der Waals surface area contributed by atoms with Crippen LogP contribution in [0.25, 0.3) is 0 Å². The van der Waals surface area contributed by atoms with Crippen molar-refractivity contribution in [2.75, 3.05) is 11.1 Å². The van der Waals surface area contributed by atoms with E-state index in [1.54, 1.807) is 16.8 Å². The third-order valence-corrected chi connectivity index (χ3v) is 5.34. The van der Waals surface area contributed by atoms with Crippen LogP contribution < -0.4 is 10.9 Å². The highest BCUT2D eigenvalue weighted by Crippen LogP contribution is 2.40. The van der Waals surface area contributed by atoms with Crippen molar-refractivity contribution in [3.63, 3.8) is 0 Å². The third kappa shape index (κ3) is 2.93. The molecule has 2 aromatic rings. The molecule has 23 heavy (non-hydrogen) atoms. The minimum absolute atomic E-state index is 0.0590. The maximum Gasteiger partial charge on any atom is 0.270 e. The number of carbonyl (C=O) groups is 1. The summed E-state index contributed by atoms with van der Waals surface area (Å²) in [6, 6.07) is 6.12. The Morgan fingerprint density at radius 3 is 2.70 bits per heavy atom. The van der Waals surface area contributed by atoms with Crippen LogP contribution in [0.1, 0.15) is 42.7 Å². The lowest BCUT2D eigenvalue weighted by Gasteiger charge is -2.16. The predicted octanol–water partition coefficient (Wildman–Crippen LogP) is 3.06. The first-order valence-corrected chi connectivity index (χ1v) is 8.57. The molecular formula is C16H18FN3O2S. The van der Waals surface area contributed by atoms with Crippen LogP contribution in [0, 0.1) is 5.82 Å². The Labute approximate surface area is 137 Å². The Bertz CT molecular complexity index is 782. The monoisotopic (exact) mass is 335 g/mol. The number of benzene rings is 1. The molecule has 2 atom stereocenters. The molecule has 1 aromatic heterocycles. The van der Waals surface area contributed by atoms with Gasteiger partial charge in [-0.25, -0.2) is 4.39 Å². The van der Waals surface area contributed by atoms with Crippen molar-refractivity contribution in [3.05, 3.63) is 51.6 Å². The lowest BCUT2D eigenvalue weighted by molar-refractivity contribution is -0.113. The Hall–Kier alpha value is -2.02. The molecule has 0 fully saturated rings. The lowest BCUT2D eigenvalue weighted by Crippen LogP contribution is -2.18. The first-order valence-electron chi connectivity index (χ1n) is 7.52. The standard InChI is InChI=1S/C16H18FN3O2S/c1-3-9(2)20-15-13(16(22)19-20)14(23-8-12(21)18-15)10-4-6-11(17)7-5-10/h4-7,9,14H,3,8H2,1-2H3,(H,18,21)(H,19,22)/t9-,14+/m0/s1. The highest BCUT2D eigenvalue weighted by Gasteiger charge is 2.31. The van der Waals surface area contributed by atoms with E-state index in [0.717, 1.165) is 12.0 Å². The lowest BCUT2D eigenvalue weighted by atomic mass is 10.1. The zero-order chi connectivity index (χ0) is 16.6. The van der Waals surface area contributed by atoms with Crippen LogP contribution in [-0.2, 0) is 4.79 Å². The van der Waals surface area contributed by atoms with Gasteiger partial charge in [-0.1, -0.05) is 19.1 Å². The number of rotatable bonds is 3. The normalized spacial score (nSPS) is 18.9. The number of halogens is 1. The van der Waals surface area contributed by atoms with Gasteiger partial charge in [-0.2, -0.15) is 0 Å². The number of H-pyrrole nitrogens is 1. The van der Waals surface area contributed by atoms with E-state index in [2.05, 4.69) is 10.4 Å². The van der Waals surface area contributed by atoms with E-state index in [0.29, 0.717) is 11.4 Å². The molecule has 0 saturated heterocycles. The summed E-state index contributed by atoms with van der Waals surface area (Å²) in [5.74, 6) is 0.301. The first-order chi connectivity index (χ1) is 11.0. The van der Waals surface area contributed by atoms with Crippen molar-refractivity contribution < 1.29 is 9.18 Å². The van der Waals surface area contributed by atoms with Gasteiger partial charge in [-0.3, -0.25) is 19.4 Å². The van der Waals surface area contributed by atoms with E-state index in [1.165, 1.54) is 23.9 Å². The van der Waals surface area contributed by atoms with Gasteiger partial charge in [0.1, 0.15) is 11.6 Å². The van der Waals surface area contributed by atoms with Gasteiger partial charge < -0.3 is 5.32 Å². The molecule has 1 aromatic carbocycles. The van der Waals surface area contributed by atoms with E-state index in [4.69, 9.17) is 0 Å². The molecule has 3 rings (SSSR count). The minimum atomic E-state index is -0.326.